The molecule has 1 aromatic heterocycles. The molecule has 2 aromatic rings. The van der Waals surface area contributed by atoms with E-state index in [0.717, 1.165) is 22.6 Å². The second-order valence-corrected chi connectivity index (χ2v) is 6.64. The van der Waals surface area contributed by atoms with Gasteiger partial charge in [-0.05, 0) is 45.0 Å². The number of benzene rings is 1. The van der Waals surface area contributed by atoms with Crippen LogP contribution in [0.25, 0.3) is 5.69 Å². The molecule has 3 rings (SSSR count). The van der Waals surface area contributed by atoms with Gasteiger partial charge in [0.05, 0.1) is 5.69 Å². The molecule has 112 valence electrons. The van der Waals surface area contributed by atoms with Gasteiger partial charge < -0.3 is 4.90 Å². The average molecular weight is 302 g/mol. The molecule has 0 amide bonds. The number of aromatic nitrogens is 3. The standard InChI is InChI=1S/C16H22N4S/c1-19-11-6-5-7-14(19)10-12-21-16-17-13-20(18-16)15-8-3-2-4-9-15/h2-4,8-9,13-14H,5-7,10-12H2,1H3. The molecule has 0 saturated carbocycles. The summed E-state index contributed by atoms with van der Waals surface area (Å²) >= 11 is 1.76. The van der Waals surface area contributed by atoms with Crippen LogP contribution in [0.15, 0.2) is 41.8 Å². The van der Waals surface area contributed by atoms with E-state index in [1.165, 1.54) is 32.2 Å². The van der Waals surface area contributed by atoms with Crippen LogP contribution in [0.2, 0.25) is 0 Å². The molecule has 0 bridgehead atoms. The van der Waals surface area contributed by atoms with Crippen molar-refractivity contribution >= 4 is 11.8 Å². The minimum Gasteiger partial charge on any atom is -0.303 e. The normalized spacial score (nSPS) is 19.8. The maximum absolute atomic E-state index is 4.54. The van der Waals surface area contributed by atoms with Gasteiger partial charge in [-0.25, -0.2) is 9.67 Å². The molecule has 1 unspecified atom stereocenters. The number of para-hydroxylation sites is 1. The number of likely N-dealkylation sites (tertiary alicyclic amines) is 1. The first-order chi connectivity index (χ1) is 10.3. The second-order valence-electron chi connectivity index (χ2n) is 5.57. The molecule has 1 atom stereocenters. The molecule has 0 aliphatic carbocycles. The van der Waals surface area contributed by atoms with E-state index in [-0.39, 0.29) is 0 Å². The highest BCUT2D eigenvalue weighted by Gasteiger charge is 2.18. The Bertz CT molecular complexity index is 554. The van der Waals surface area contributed by atoms with Crippen molar-refractivity contribution in [3.63, 3.8) is 0 Å². The van der Waals surface area contributed by atoms with Crippen LogP contribution in [0.5, 0.6) is 0 Å². The molecule has 2 heterocycles. The van der Waals surface area contributed by atoms with E-state index in [4.69, 9.17) is 0 Å². The molecule has 0 radical (unpaired) electrons. The quantitative estimate of drug-likeness (QED) is 0.794. The average Bonchev–Trinajstić information content (AvgIpc) is 2.99. The second kappa shape index (κ2) is 7.09. The SMILES string of the molecule is CN1CCCCC1CCSc1ncn(-c2ccccc2)n1. The highest BCUT2D eigenvalue weighted by molar-refractivity contribution is 7.99. The summed E-state index contributed by atoms with van der Waals surface area (Å²) in [5.74, 6) is 1.09. The highest BCUT2D eigenvalue weighted by atomic mass is 32.2. The maximum atomic E-state index is 4.54. The Morgan fingerprint density at radius 1 is 1.24 bits per heavy atom. The van der Waals surface area contributed by atoms with E-state index in [2.05, 4.69) is 22.0 Å². The van der Waals surface area contributed by atoms with Crippen molar-refractivity contribution in [2.24, 2.45) is 0 Å². The van der Waals surface area contributed by atoms with E-state index in [1.54, 1.807) is 18.1 Å². The third kappa shape index (κ3) is 3.86. The van der Waals surface area contributed by atoms with Crippen LogP contribution in [0.1, 0.15) is 25.7 Å². The van der Waals surface area contributed by atoms with Crippen molar-refractivity contribution in [3.05, 3.63) is 36.7 Å². The Morgan fingerprint density at radius 2 is 2.10 bits per heavy atom. The Labute approximate surface area is 130 Å². The summed E-state index contributed by atoms with van der Waals surface area (Å²) in [6, 6.07) is 10.9. The Balaban J connectivity index is 1.51. The van der Waals surface area contributed by atoms with Crippen molar-refractivity contribution in [3.8, 4) is 5.69 Å². The Hall–Kier alpha value is -1.33. The molecule has 4 nitrogen and oxygen atoms in total. The molecule has 1 saturated heterocycles. The van der Waals surface area contributed by atoms with Gasteiger partial charge in [-0.1, -0.05) is 36.4 Å². The zero-order chi connectivity index (χ0) is 14.5. The number of hydrogen-bond donors (Lipinski definition) is 0. The van der Waals surface area contributed by atoms with E-state index < -0.39 is 0 Å². The van der Waals surface area contributed by atoms with Crippen LogP contribution in [0.3, 0.4) is 0 Å². The topological polar surface area (TPSA) is 34.0 Å². The van der Waals surface area contributed by atoms with Crippen LogP contribution in [0.4, 0.5) is 0 Å². The van der Waals surface area contributed by atoms with Crippen LogP contribution in [-0.2, 0) is 0 Å². The van der Waals surface area contributed by atoms with Gasteiger partial charge in [-0.3, -0.25) is 0 Å². The van der Waals surface area contributed by atoms with Gasteiger partial charge >= 0.3 is 0 Å². The lowest BCUT2D eigenvalue weighted by Gasteiger charge is -2.32. The fraction of sp³-hybridized carbons (Fsp3) is 0.500. The van der Waals surface area contributed by atoms with Crippen LogP contribution >= 0.6 is 11.8 Å². The minimum atomic E-state index is 0.738. The zero-order valence-electron chi connectivity index (χ0n) is 12.5. The van der Waals surface area contributed by atoms with Crippen molar-refractivity contribution in [1.82, 2.24) is 19.7 Å². The van der Waals surface area contributed by atoms with Gasteiger partial charge in [0.2, 0.25) is 5.16 Å². The lowest BCUT2D eigenvalue weighted by molar-refractivity contribution is 0.182. The first-order valence-corrected chi connectivity index (χ1v) is 8.61. The van der Waals surface area contributed by atoms with Gasteiger partial charge in [0.25, 0.3) is 0 Å². The first kappa shape index (κ1) is 14.6. The molecule has 0 spiro atoms. The lowest BCUT2D eigenvalue weighted by atomic mass is 10.0. The molecule has 0 N–H and O–H groups in total. The fourth-order valence-corrected chi connectivity index (χ4v) is 3.65. The van der Waals surface area contributed by atoms with Gasteiger partial charge in [0.15, 0.2) is 0 Å². The molecule has 21 heavy (non-hydrogen) atoms. The largest absolute Gasteiger partial charge is 0.303 e. The summed E-state index contributed by atoms with van der Waals surface area (Å²) in [4.78, 5) is 6.90. The van der Waals surface area contributed by atoms with Gasteiger partial charge in [0.1, 0.15) is 6.33 Å². The molecule has 1 aliphatic rings. The van der Waals surface area contributed by atoms with E-state index in [0.29, 0.717) is 0 Å². The zero-order valence-corrected chi connectivity index (χ0v) is 13.3. The van der Waals surface area contributed by atoms with E-state index in [1.807, 2.05) is 35.0 Å². The number of rotatable bonds is 5. The summed E-state index contributed by atoms with van der Waals surface area (Å²) in [7, 11) is 2.25. The molecular weight excluding hydrogens is 280 g/mol. The fourth-order valence-electron chi connectivity index (χ4n) is 2.81. The van der Waals surface area contributed by atoms with Crippen molar-refractivity contribution < 1.29 is 0 Å². The molecule has 5 heteroatoms. The maximum Gasteiger partial charge on any atom is 0.208 e. The molecule has 1 fully saturated rings. The monoisotopic (exact) mass is 302 g/mol. The van der Waals surface area contributed by atoms with E-state index in [9.17, 15) is 0 Å². The minimum absolute atomic E-state index is 0.738. The predicted molar refractivity (Wildman–Crippen MR) is 87.0 cm³/mol. The summed E-state index contributed by atoms with van der Waals surface area (Å²) < 4.78 is 1.84. The van der Waals surface area contributed by atoms with Crippen LogP contribution in [-0.4, -0.2) is 45.1 Å². The van der Waals surface area contributed by atoms with Gasteiger partial charge in [-0.15, -0.1) is 5.10 Å². The molecular formula is C16H22N4S. The first-order valence-electron chi connectivity index (χ1n) is 7.63. The van der Waals surface area contributed by atoms with Crippen molar-refractivity contribution in [2.75, 3.05) is 19.3 Å². The summed E-state index contributed by atoms with van der Waals surface area (Å²) in [6.45, 7) is 1.25. The number of nitrogens with zero attached hydrogens (tertiary/aromatic N) is 4. The predicted octanol–water partition coefficient (Wildman–Crippen LogP) is 3.23. The summed E-state index contributed by atoms with van der Waals surface area (Å²) in [6.07, 6.45) is 7.08. The molecule has 1 aliphatic heterocycles. The van der Waals surface area contributed by atoms with Crippen molar-refractivity contribution in [1.29, 1.82) is 0 Å². The highest BCUT2D eigenvalue weighted by Crippen LogP contribution is 2.22. The van der Waals surface area contributed by atoms with Crippen molar-refractivity contribution in [2.45, 2.75) is 36.9 Å². The number of hydrogen-bond acceptors (Lipinski definition) is 4. The third-order valence-corrected chi connectivity index (χ3v) is 4.98. The number of piperidine rings is 1. The van der Waals surface area contributed by atoms with Crippen LogP contribution in [0, 0.1) is 0 Å². The number of thioether (sulfide) groups is 1. The Morgan fingerprint density at radius 3 is 2.90 bits per heavy atom. The summed E-state index contributed by atoms with van der Waals surface area (Å²) in [5, 5.41) is 5.41. The summed E-state index contributed by atoms with van der Waals surface area (Å²) in [5.41, 5.74) is 1.06. The van der Waals surface area contributed by atoms with E-state index >= 15 is 0 Å². The Kier molecular flexibility index (Phi) is 4.93. The third-order valence-electron chi connectivity index (χ3n) is 4.10. The van der Waals surface area contributed by atoms with Gasteiger partial charge in [-0.2, -0.15) is 0 Å². The van der Waals surface area contributed by atoms with Gasteiger partial charge in [0, 0.05) is 11.8 Å². The van der Waals surface area contributed by atoms with Crippen LogP contribution < -0.4 is 0 Å². The smallest absolute Gasteiger partial charge is 0.208 e. The molecule has 1 aromatic carbocycles. The lowest BCUT2D eigenvalue weighted by Crippen LogP contribution is -2.36.